The maximum atomic E-state index is 9.98. The second kappa shape index (κ2) is 8.56. The molecule has 0 saturated heterocycles. The van der Waals surface area contributed by atoms with Gasteiger partial charge in [0.1, 0.15) is 18.5 Å². The second-order valence-corrected chi connectivity index (χ2v) is 5.97. The number of rotatable bonds is 8. The molecule has 2 aromatic rings. The lowest BCUT2D eigenvalue weighted by Crippen LogP contribution is -2.31. The minimum Gasteiger partial charge on any atom is -0.491 e. The topological polar surface area (TPSA) is 44.7 Å². The summed E-state index contributed by atoms with van der Waals surface area (Å²) in [5.74, 6) is 0.795. The zero-order chi connectivity index (χ0) is 16.7. The maximum absolute atomic E-state index is 9.98. The number of ether oxygens (including phenoxy) is 1. The number of nitrogens with one attached hydrogen (secondary N) is 1. The molecule has 0 aliphatic heterocycles. The van der Waals surface area contributed by atoms with Crippen LogP contribution in [0.2, 0.25) is 0 Å². The Labute approximate surface area is 138 Å². The molecule has 0 aromatic heterocycles. The first-order valence-electron chi connectivity index (χ1n) is 7.89. The van der Waals surface area contributed by atoms with Crippen molar-refractivity contribution in [2.45, 2.75) is 19.6 Å². The van der Waals surface area contributed by atoms with Crippen molar-refractivity contribution < 1.29 is 9.84 Å². The Hall–Kier alpha value is -2.04. The third kappa shape index (κ3) is 5.93. The normalized spacial score (nSPS) is 12.0. The molecule has 1 atom stereocenters. The summed E-state index contributed by atoms with van der Waals surface area (Å²) in [6.07, 6.45) is -0.531. The molecule has 0 spiro atoms. The number of hydrogen-bond donors (Lipinski definition) is 2. The SMILES string of the molecule is Cc1cccc(OCC(O)CNCc2ccc(N(C)C)cc2)c1. The van der Waals surface area contributed by atoms with Crippen LogP contribution in [0.4, 0.5) is 5.69 Å². The summed E-state index contributed by atoms with van der Waals surface area (Å²) in [5, 5.41) is 13.2. The van der Waals surface area contributed by atoms with E-state index in [1.165, 1.54) is 11.3 Å². The van der Waals surface area contributed by atoms with Gasteiger partial charge in [-0.2, -0.15) is 0 Å². The Kier molecular flexibility index (Phi) is 6.44. The molecule has 2 aromatic carbocycles. The van der Waals surface area contributed by atoms with Crippen LogP contribution in [0.15, 0.2) is 48.5 Å². The largest absolute Gasteiger partial charge is 0.491 e. The van der Waals surface area contributed by atoms with Crippen molar-refractivity contribution >= 4 is 5.69 Å². The monoisotopic (exact) mass is 314 g/mol. The van der Waals surface area contributed by atoms with Crippen LogP contribution in [0.5, 0.6) is 5.75 Å². The number of aryl methyl sites for hydroxylation is 1. The summed E-state index contributed by atoms with van der Waals surface area (Å²) < 4.78 is 5.60. The maximum Gasteiger partial charge on any atom is 0.119 e. The van der Waals surface area contributed by atoms with E-state index >= 15 is 0 Å². The first kappa shape index (κ1) is 17.3. The summed E-state index contributed by atoms with van der Waals surface area (Å²) in [7, 11) is 4.05. The van der Waals surface area contributed by atoms with Crippen molar-refractivity contribution in [3.8, 4) is 5.75 Å². The minimum atomic E-state index is -0.531. The van der Waals surface area contributed by atoms with Gasteiger partial charge in [-0.25, -0.2) is 0 Å². The van der Waals surface area contributed by atoms with Crippen LogP contribution in [-0.2, 0) is 6.54 Å². The van der Waals surface area contributed by atoms with Crippen molar-refractivity contribution in [1.82, 2.24) is 5.32 Å². The molecule has 0 aliphatic carbocycles. The highest BCUT2D eigenvalue weighted by atomic mass is 16.5. The highest BCUT2D eigenvalue weighted by molar-refractivity contribution is 5.45. The lowest BCUT2D eigenvalue weighted by molar-refractivity contribution is 0.106. The molecule has 4 heteroatoms. The molecular weight excluding hydrogens is 288 g/mol. The minimum absolute atomic E-state index is 0.288. The van der Waals surface area contributed by atoms with E-state index in [0.29, 0.717) is 6.54 Å². The summed E-state index contributed by atoms with van der Waals surface area (Å²) >= 11 is 0. The van der Waals surface area contributed by atoms with E-state index in [4.69, 9.17) is 4.74 Å². The molecule has 0 saturated carbocycles. The van der Waals surface area contributed by atoms with Gasteiger partial charge in [-0.15, -0.1) is 0 Å². The Morgan fingerprint density at radius 1 is 1.13 bits per heavy atom. The fourth-order valence-corrected chi connectivity index (χ4v) is 2.25. The molecule has 2 N–H and O–H groups in total. The lowest BCUT2D eigenvalue weighted by atomic mass is 10.2. The van der Waals surface area contributed by atoms with E-state index in [9.17, 15) is 5.11 Å². The molecule has 0 bridgehead atoms. The van der Waals surface area contributed by atoms with E-state index in [1.54, 1.807) is 0 Å². The summed E-state index contributed by atoms with van der Waals surface area (Å²) in [6, 6.07) is 16.2. The van der Waals surface area contributed by atoms with Crippen molar-refractivity contribution in [3.63, 3.8) is 0 Å². The average Bonchev–Trinajstić information content (AvgIpc) is 2.53. The van der Waals surface area contributed by atoms with Gasteiger partial charge in [-0.05, 0) is 42.3 Å². The molecule has 23 heavy (non-hydrogen) atoms. The highest BCUT2D eigenvalue weighted by Crippen LogP contribution is 2.13. The zero-order valence-corrected chi connectivity index (χ0v) is 14.1. The van der Waals surface area contributed by atoms with Crippen LogP contribution in [0.1, 0.15) is 11.1 Å². The molecule has 0 amide bonds. The summed E-state index contributed by atoms with van der Waals surface area (Å²) in [5.41, 5.74) is 3.53. The van der Waals surface area contributed by atoms with Gasteiger partial charge in [-0.3, -0.25) is 0 Å². The van der Waals surface area contributed by atoms with Gasteiger partial charge in [-0.1, -0.05) is 24.3 Å². The summed E-state index contributed by atoms with van der Waals surface area (Å²) in [6.45, 7) is 3.54. The predicted molar refractivity (Wildman–Crippen MR) is 95.2 cm³/mol. The van der Waals surface area contributed by atoms with Gasteiger partial charge < -0.3 is 20.1 Å². The number of nitrogens with zero attached hydrogens (tertiary/aromatic N) is 1. The van der Waals surface area contributed by atoms with Gasteiger partial charge in [0.05, 0.1) is 0 Å². The van der Waals surface area contributed by atoms with E-state index in [0.717, 1.165) is 17.9 Å². The predicted octanol–water partition coefficient (Wildman–Crippen LogP) is 2.59. The first-order chi connectivity index (χ1) is 11.0. The molecular formula is C19H26N2O2. The fourth-order valence-electron chi connectivity index (χ4n) is 2.25. The van der Waals surface area contributed by atoms with Gasteiger partial charge in [0.25, 0.3) is 0 Å². The van der Waals surface area contributed by atoms with E-state index < -0.39 is 6.10 Å². The Bertz CT molecular complexity index is 597. The number of aliphatic hydroxyl groups is 1. The lowest BCUT2D eigenvalue weighted by Gasteiger charge is -2.15. The zero-order valence-electron chi connectivity index (χ0n) is 14.1. The van der Waals surface area contributed by atoms with Crippen LogP contribution in [0, 0.1) is 6.92 Å². The molecule has 0 radical (unpaired) electrons. The molecule has 2 rings (SSSR count). The number of anilines is 1. The quantitative estimate of drug-likeness (QED) is 0.786. The number of benzene rings is 2. The van der Waals surface area contributed by atoms with Crippen LogP contribution >= 0.6 is 0 Å². The fraction of sp³-hybridized carbons (Fsp3) is 0.368. The first-order valence-corrected chi connectivity index (χ1v) is 7.89. The Morgan fingerprint density at radius 3 is 2.52 bits per heavy atom. The van der Waals surface area contributed by atoms with Crippen LogP contribution in [0.3, 0.4) is 0 Å². The third-order valence-corrected chi connectivity index (χ3v) is 3.59. The van der Waals surface area contributed by atoms with Crippen LogP contribution < -0.4 is 15.0 Å². The number of hydrogen-bond acceptors (Lipinski definition) is 4. The molecule has 0 heterocycles. The molecule has 1 unspecified atom stereocenters. The van der Waals surface area contributed by atoms with E-state index in [-0.39, 0.29) is 6.61 Å². The average molecular weight is 314 g/mol. The smallest absolute Gasteiger partial charge is 0.119 e. The van der Waals surface area contributed by atoms with Gasteiger partial charge >= 0.3 is 0 Å². The van der Waals surface area contributed by atoms with Gasteiger partial charge in [0.15, 0.2) is 0 Å². The molecule has 0 aliphatic rings. The van der Waals surface area contributed by atoms with Crippen molar-refractivity contribution in [2.75, 3.05) is 32.1 Å². The standard InChI is InChI=1S/C19H26N2O2/c1-15-5-4-6-19(11-15)23-14-18(22)13-20-12-16-7-9-17(10-8-16)21(2)3/h4-11,18,20,22H,12-14H2,1-3H3. The van der Waals surface area contributed by atoms with Crippen molar-refractivity contribution in [2.24, 2.45) is 0 Å². The van der Waals surface area contributed by atoms with Crippen molar-refractivity contribution in [3.05, 3.63) is 59.7 Å². The second-order valence-electron chi connectivity index (χ2n) is 5.97. The Balaban J connectivity index is 1.69. The Morgan fingerprint density at radius 2 is 1.87 bits per heavy atom. The molecule has 0 fully saturated rings. The summed E-state index contributed by atoms with van der Waals surface area (Å²) in [4.78, 5) is 2.07. The van der Waals surface area contributed by atoms with Crippen LogP contribution in [-0.4, -0.2) is 38.5 Å². The molecule has 4 nitrogen and oxygen atoms in total. The number of aliphatic hydroxyl groups excluding tert-OH is 1. The van der Waals surface area contributed by atoms with Crippen molar-refractivity contribution in [1.29, 1.82) is 0 Å². The van der Waals surface area contributed by atoms with Gasteiger partial charge in [0.2, 0.25) is 0 Å². The van der Waals surface area contributed by atoms with E-state index in [1.807, 2.05) is 45.3 Å². The molecule has 124 valence electrons. The highest BCUT2D eigenvalue weighted by Gasteiger charge is 2.05. The van der Waals surface area contributed by atoms with Crippen LogP contribution in [0.25, 0.3) is 0 Å². The third-order valence-electron chi connectivity index (χ3n) is 3.59. The van der Waals surface area contributed by atoms with E-state index in [2.05, 4.69) is 34.5 Å². The van der Waals surface area contributed by atoms with Gasteiger partial charge in [0, 0.05) is 32.9 Å².